The lowest BCUT2D eigenvalue weighted by Crippen LogP contribution is -2.01. The summed E-state index contributed by atoms with van der Waals surface area (Å²) in [6.45, 7) is 1.87. The Morgan fingerprint density at radius 3 is 2.56 bits per heavy atom. The molecular weight excluding hydrogens is 257 g/mol. The van der Waals surface area contributed by atoms with Crippen LogP contribution in [0.25, 0.3) is 0 Å². The summed E-state index contributed by atoms with van der Waals surface area (Å²) in [5.41, 5.74) is -2.54. The van der Waals surface area contributed by atoms with E-state index in [1.807, 2.05) is 6.92 Å². The fourth-order valence-electron chi connectivity index (χ4n) is 1.39. The Morgan fingerprint density at radius 2 is 2.00 bits per heavy atom. The monoisotopic (exact) mass is 268 g/mol. The van der Waals surface area contributed by atoms with Crippen LogP contribution < -0.4 is 0 Å². The first-order chi connectivity index (χ1) is 7.42. The number of rotatable bonds is 4. The fraction of sp³-hybridized carbons (Fsp3) is 0.455. The van der Waals surface area contributed by atoms with E-state index in [1.165, 1.54) is 6.07 Å². The normalized spacial score (nSPS) is 11.8. The summed E-state index contributed by atoms with van der Waals surface area (Å²) in [5, 5.41) is 0. The van der Waals surface area contributed by atoms with Gasteiger partial charge in [-0.25, -0.2) is 0 Å². The molecule has 0 aromatic heterocycles. The highest BCUT2D eigenvalue weighted by Crippen LogP contribution is 2.39. The summed E-state index contributed by atoms with van der Waals surface area (Å²) in [5.74, 6) is 0.462. The Hall–Kier alpha value is -0.350. The van der Waals surface area contributed by atoms with Crippen LogP contribution in [-0.2, 0) is 6.42 Å². The smallest absolute Gasteiger partial charge is 0.160 e. The quantitative estimate of drug-likeness (QED) is 0.559. The van der Waals surface area contributed by atoms with Crippen molar-refractivity contribution < 1.29 is 13.2 Å². The predicted octanol–water partition coefficient (Wildman–Crippen LogP) is 4.78. The minimum Gasteiger partial charge on any atom is -0.160 e. The predicted molar refractivity (Wildman–Crippen MR) is 62.1 cm³/mol. The second-order valence-electron chi connectivity index (χ2n) is 3.45. The molecule has 0 amide bonds. The average molecular weight is 269 g/mol. The summed E-state index contributed by atoms with van der Waals surface area (Å²) in [6.07, 6.45) is 1.28. The molecule has 0 bridgehead atoms. The lowest BCUT2D eigenvalue weighted by molar-refractivity contribution is -0.0328. The van der Waals surface area contributed by atoms with Gasteiger partial charge in [-0.05, 0) is 43.2 Å². The van der Waals surface area contributed by atoms with Crippen molar-refractivity contribution >= 4 is 23.4 Å². The van der Waals surface area contributed by atoms with Crippen molar-refractivity contribution in [3.8, 4) is 0 Å². The van der Waals surface area contributed by atoms with E-state index < -0.39 is 5.51 Å². The van der Waals surface area contributed by atoms with Crippen LogP contribution in [0.3, 0.4) is 0 Å². The zero-order chi connectivity index (χ0) is 12.2. The lowest BCUT2D eigenvalue weighted by atomic mass is 10.1. The zero-order valence-electron chi connectivity index (χ0n) is 8.77. The fourth-order valence-corrected chi connectivity index (χ4v) is 2.20. The third-order valence-corrected chi connectivity index (χ3v) is 3.14. The molecule has 0 aliphatic carbocycles. The molecule has 0 aliphatic heterocycles. The van der Waals surface area contributed by atoms with E-state index in [4.69, 9.17) is 11.6 Å². The van der Waals surface area contributed by atoms with Gasteiger partial charge in [0.05, 0.1) is 0 Å². The first-order valence-electron chi connectivity index (χ1n) is 4.83. The Bertz CT molecular complexity index is 350. The van der Waals surface area contributed by atoms with Gasteiger partial charge in [-0.15, -0.1) is 11.6 Å². The molecule has 1 aromatic carbocycles. The van der Waals surface area contributed by atoms with Crippen molar-refractivity contribution in [2.75, 3.05) is 5.88 Å². The van der Waals surface area contributed by atoms with E-state index in [2.05, 4.69) is 0 Å². The molecule has 0 unspecified atom stereocenters. The zero-order valence-corrected chi connectivity index (χ0v) is 10.3. The van der Waals surface area contributed by atoms with Crippen LogP contribution in [0, 0.1) is 6.92 Å². The maximum Gasteiger partial charge on any atom is 0.446 e. The summed E-state index contributed by atoms with van der Waals surface area (Å²) in [6, 6.07) is 5.01. The molecule has 0 fully saturated rings. The van der Waals surface area contributed by atoms with Crippen molar-refractivity contribution in [1.82, 2.24) is 0 Å². The number of hydrogen-bond acceptors (Lipinski definition) is 1. The lowest BCUT2D eigenvalue weighted by Gasteiger charge is -2.11. The maximum atomic E-state index is 12.3. The van der Waals surface area contributed by atoms with Crippen molar-refractivity contribution in [2.24, 2.45) is 0 Å². The van der Waals surface area contributed by atoms with Gasteiger partial charge < -0.3 is 0 Å². The van der Waals surface area contributed by atoms with Crippen molar-refractivity contribution in [2.45, 2.75) is 30.2 Å². The van der Waals surface area contributed by atoms with Crippen LogP contribution in [0.1, 0.15) is 17.5 Å². The van der Waals surface area contributed by atoms with E-state index in [1.54, 1.807) is 12.1 Å². The Balaban J connectivity index is 2.89. The molecule has 0 aliphatic rings. The van der Waals surface area contributed by atoms with Gasteiger partial charge in [0, 0.05) is 10.8 Å². The van der Waals surface area contributed by atoms with Crippen LogP contribution in [0.15, 0.2) is 23.1 Å². The molecule has 0 heterocycles. The molecule has 0 radical (unpaired) electrons. The van der Waals surface area contributed by atoms with Gasteiger partial charge in [0.15, 0.2) is 0 Å². The molecule has 90 valence electrons. The third kappa shape index (κ3) is 4.66. The number of benzene rings is 1. The van der Waals surface area contributed by atoms with Gasteiger partial charge in [-0.1, -0.05) is 17.7 Å². The Morgan fingerprint density at radius 1 is 1.31 bits per heavy atom. The number of alkyl halides is 4. The second-order valence-corrected chi connectivity index (χ2v) is 4.94. The van der Waals surface area contributed by atoms with Gasteiger partial charge in [-0.2, -0.15) is 13.2 Å². The van der Waals surface area contributed by atoms with Gasteiger partial charge in [0.2, 0.25) is 0 Å². The number of hydrogen-bond donors (Lipinski definition) is 0. The summed E-state index contributed by atoms with van der Waals surface area (Å²) < 4.78 is 36.8. The molecule has 0 saturated carbocycles. The minimum atomic E-state index is -4.23. The molecule has 1 rings (SSSR count). The molecule has 16 heavy (non-hydrogen) atoms. The van der Waals surface area contributed by atoms with E-state index in [0.29, 0.717) is 18.7 Å². The second kappa shape index (κ2) is 5.82. The van der Waals surface area contributed by atoms with E-state index in [9.17, 15) is 13.2 Å². The van der Waals surface area contributed by atoms with Gasteiger partial charge >= 0.3 is 5.51 Å². The number of aryl methyl sites for hydroxylation is 2. The third-order valence-electron chi connectivity index (χ3n) is 2.02. The highest BCUT2D eigenvalue weighted by Gasteiger charge is 2.30. The average Bonchev–Trinajstić information content (AvgIpc) is 2.16. The van der Waals surface area contributed by atoms with E-state index in [-0.39, 0.29) is 16.7 Å². The Labute approximate surface area is 102 Å². The maximum absolute atomic E-state index is 12.3. The van der Waals surface area contributed by atoms with E-state index >= 15 is 0 Å². The summed E-state index contributed by atoms with van der Waals surface area (Å²) >= 11 is 5.49. The molecule has 0 atom stereocenters. The van der Waals surface area contributed by atoms with Crippen LogP contribution in [0.5, 0.6) is 0 Å². The minimum absolute atomic E-state index is 0.0566. The number of halogens is 4. The van der Waals surface area contributed by atoms with Gasteiger partial charge in [-0.3, -0.25) is 0 Å². The first kappa shape index (κ1) is 13.7. The standard InChI is InChI=1S/C11H12ClF3S/c1-8-4-5-10(16-11(13,14)15)9(7-8)3-2-6-12/h4-5,7H,2-3,6H2,1H3. The van der Waals surface area contributed by atoms with Crippen molar-refractivity contribution in [3.63, 3.8) is 0 Å². The molecule has 5 heteroatoms. The molecule has 1 aromatic rings. The van der Waals surface area contributed by atoms with Crippen LogP contribution in [0.2, 0.25) is 0 Å². The van der Waals surface area contributed by atoms with Crippen LogP contribution >= 0.6 is 23.4 Å². The summed E-state index contributed by atoms with van der Waals surface area (Å²) in [7, 11) is 0. The highest BCUT2D eigenvalue weighted by molar-refractivity contribution is 8.00. The molecular formula is C11H12ClF3S. The Kier molecular flexibility index (Phi) is 4.99. The SMILES string of the molecule is Cc1ccc(SC(F)(F)F)c(CCCCl)c1. The van der Waals surface area contributed by atoms with Crippen molar-refractivity contribution in [3.05, 3.63) is 29.3 Å². The van der Waals surface area contributed by atoms with Gasteiger partial charge in [0.1, 0.15) is 0 Å². The number of thioether (sulfide) groups is 1. The summed E-state index contributed by atoms with van der Waals surface area (Å²) in [4.78, 5) is 0.281. The van der Waals surface area contributed by atoms with Crippen LogP contribution in [0.4, 0.5) is 13.2 Å². The topological polar surface area (TPSA) is 0 Å². The molecule has 0 N–H and O–H groups in total. The molecule has 0 saturated heterocycles. The van der Waals surface area contributed by atoms with Gasteiger partial charge in [0.25, 0.3) is 0 Å². The molecule has 0 spiro atoms. The largest absolute Gasteiger partial charge is 0.446 e. The van der Waals surface area contributed by atoms with Crippen molar-refractivity contribution in [1.29, 1.82) is 0 Å². The highest BCUT2D eigenvalue weighted by atomic mass is 35.5. The van der Waals surface area contributed by atoms with E-state index in [0.717, 1.165) is 11.1 Å². The van der Waals surface area contributed by atoms with Crippen LogP contribution in [-0.4, -0.2) is 11.4 Å². The first-order valence-corrected chi connectivity index (χ1v) is 6.19. The molecule has 0 nitrogen and oxygen atoms in total.